The van der Waals surface area contributed by atoms with Crippen LogP contribution in [0.3, 0.4) is 0 Å². The zero-order valence-electron chi connectivity index (χ0n) is 16.5. The molecule has 0 spiro atoms. The Hall–Kier alpha value is -1.13. The van der Waals surface area contributed by atoms with Gasteiger partial charge in [-0.1, -0.05) is 6.07 Å². The SMILES string of the molecule is CN1CCN(CCOc2ccc(C3[C]4CC5CC(C4)CC3C5)cc2F)CC1. The Labute approximate surface area is 162 Å². The molecule has 5 fully saturated rings. The Morgan fingerprint density at radius 3 is 2.44 bits per heavy atom. The predicted molar refractivity (Wildman–Crippen MR) is 105 cm³/mol. The molecule has 4 saturated carbocycles. The second kappa shape index (κ2) is 7.36. The molecule has 6 rings (SSSR count). The van der Waals surface area contributed by atoms with E-state index in [2.05, 4.69) is 22.9 Å². The molecule has 0 N–H and O–H groups in total. The van der Waals surface area contributed by atoms with Gasteiger partial charge in [-0.25, -0.2) is 4.39 Å². The van der Waals surface area contributed by atoms with Crippen LogP contribution >= 0.6 is 0 Å². The Morgan fingerprint density at radius 1 is 1.04 bits per heavy atom. The third kappa shape index (κ3) is 3.63. The standard InChI is InChI=1S/C23H32FN2O/c1-25-4-6-26(7-5-25)8-9-27-22-3-2-18(15-21(22)24)23-19-11-16-10-17(13-19)14-20(23)12-16/h2-3,15-17,19,23H,4-14H2,1H3. The summed E-state index contributed by atoms with van der Waals surface area (Å²) in [6, 6.07) is 5.78. The summed E-state index contributed by atoms with van der Waals surface area (Å²) in [5.74, 6) is 5.07. The van der Waals surface area contributed by atoms with Crippen LogP contribution in [0.15, 0.2) is 18.2 Å². The van der Waals surface area contributed by atoms with Gasteiger partial charge in [0, 0.05) is 32.7 Å². The molecule has 5 aliphatic rings. The second-order valence-electron chi connectivity index (χ2n) is 9.43. The zero-order valence-corrected chi connectivity index (χ0v) is 16.5. The minimum Gasteiger partial charge on any atom is -0.489 e. The zero-order chi connectivity index (χ0) is 18.4. The van der Waals surface area contributed by atoms with Crippen molar-refractivity contribution in [2.24, 2.45) is 17.8 Å². The van der Waals surface area contributed by atoms with Gasteiger partial charge in [0.15, 0.2) is 11.6 Å². The fraction of sp³-hybridized carbons (Fsp3) is 0.696. The van der Waals surface area contributed by atoms with Crippen molar-refractivity contribution >= 4 is 0 Å². The van der Waals surface area contributed by atoms with E-state index in [0.29, 0.717) is 18.3 Å². The number of halogens is 1. The number of piperazine rings is 1. The number of likely N-dealkylation sites (N-methyl/N-ethyl adjacent to an activating group) is 1. The monoisotopic (exact) mass is 371 g/mol. The van der Waals surface area contributed by atoms with Crippen LogP contribution in [0, 0.1) is 29.5 Å². The van der Waals surface area contributed by atoms with Crippen LogP contribution in [0.2, 0.25) is 0 Å². The normalized spacial score (nSPS) is 34.3. The molecular weight excluding hydrogens is 339 g/mol. The van der Waals surface area contributed by atoms with Crippen LogP contribution in [0.5, 0.6) is 5.75 Å². The first-order valence-corrected chi connectivity index (χ1v) is 10.8. The summed E-state index contributed by atoms with van der Waals surface area (Å²) in [6.45, 7) is 5.79. The third-order valence-electron chi connectivity index (χ3n) is 7.53. The number of hydrogen-bond donors (Lipinski definition) is 0. The van der Waals surface area contributed by atoms with Gasteiger partial charge in [0.05, 0.1) is 0 Å². The van der Waals surface area contributed by atoms with Crippen molar-refractivity contribution in [3.63, 3.8) is 0 Å². The number of ether oxygens (including phenoxy) is 1. The highest BCUT2D eigenvalue weighted by atomic mass is 19.1. The predicted octanol–water partition coefficient (Wildman–Crippen LogP) is 3.95. The molecule has 1 aromatic rings. The van der Waals surface area contributed by atoms with E-state index < -0.39 is 0 Å². The van der Waals surface area contributed by atoms with Gasteiger partial charge in [-0.15, -0.1) is 0 Å². The second-order valence-corrected chi connectivity index (χ2v) is 9.43. The molecule has 1 radical (unpaired) electrons. The summed E-state index contributed by atoms with van der Waals surface area (Å²) in [4.78, 5) is 4.75. The van der Waals surface area contributed by atoms with Crippen LogP contribution in [0.1, 0.15) is 43.6 Å². The van der Waals surface area contributed by atoms with Crippen LogP contribution in [0.25, 0.3) is 0 Å². The van der Waals surface area contributed by atoms with Crippen LogP contribution in [-0.4, -0.2) is 56.2 Å². The Kier molecular flexibility index (Phi) is 4.89. The lowest BCUT2D eigenvalue weighted by Crippen LogP contribution is -2.45. The fourth-order valence-electron chi connectivity index (χ4n) is 6.33. The molecular formula is C23H32FN2O. The van der Waals surface area contributed by atoms with Gasteiger partial charge in [0.25, 0.3) is 0 Å². The van der Waals surface area contributed by atoms with E-state index in [-0.39, 0.29) is 5.82 Å². The lowest BCUT2D eigenvalue weighted by Gasteiger charge is -2.54. The number of rotatable bonds is 5. The third-order valence-corrected chi connectivity index (χ3v) is 7.53. The number of benzene rings is 1. The van der Waals surface area contributed by atoms with Gasteiger partial charge < -0.3 is 9.64 Å². The molecule has 147 valence electrons. The Bertz CT molecular complexity index is 642. The minimum absolute atomic E-state index is 0.180. The van der Waals surface area contributed by atoms with Crippen LogP contribution in [-0.2, 0) is 0 Å². The number of hydrogen-bond acceptors (Lipinski definition) is 3. The molecule has 4 bridgehead atoms. The van der Waals surface area contributed by atoms with Gasteiger partial charge in [-0.3, -0.25) is 4.90 Å². The molecule has 1 saturated heterocycles. The van der Waals surface area contributed by atoms with Crippen LogP contribution < -0.4 is 4.74 Å². The van der Waals surface area contributed by atoms with E-state index in [1.54, 1.807) is 12.0 Å². The summed E-state index contributed by atoms with van der Waals surface area (Å²) in [7, 11) is 2.16. The summed E-state index contributed by atoms with van der Waals surface area (Å²) in [5, 5.41) is 0. The average molecular weight is 372 g/mol. The maximum Gasteiger partial charge on any atom is 0.165 e. The van der Waals surface area contributed by atoms with Gasteiger partial charge in [0.1, 0.15) is 6.61 Å². The smallest absolute Gasteiger partial charge is 0.165 e. The van der Waals surface area contributed by atoms with Crippen molar-refractivity contribution in [1.29, 1.82) is 0 Å². The molecule has 3 nitrogen and oxygen atoms in total. The topological polar surface area (TPSA) is 15.7 Å². The van der Waals surface area contributed by atoms with Gasteiger partial charge in [0.2, 0.25) is 0 Å². The Morgan fingerprint density at radius 2 is 1.78 bits per heavy atom. The summed E-state index contributed by atoms with van der Waals surface area (Å²) in [6.07, 6.45) is 6.75. The summed E-state index contributed by atoms with van der Waals surface area (Å²) >= 11 is 0. The number of nitrogens with zero attached hydrogens (tertiary/aromatic N) is 2. The van der Waals surface area contributed by atoms with Crippen molar-refractivity contribution in [3.8, 4) is 5.75 Å². The van der Waals surface area contributed by atoms with Gasteiger partial charge >= 0.3 is 0 Å². The first-order chi connectivity index (χ1) is 13.2. The van der Waals surface area contributed by atoms with Crippen molar-refractivity contribution in [1.82, 2.24) is 9.80 Å². The minimum atomic E-state index is -0.180. The first kappa shape index (κ1) is 17.9. The molecule has 0 amide bonds. The van der Waals surface area contributed by atoms with E-state index >= 15 is 0 Å². The van der Waals surface area contributed by atoms with E-state index in [0.717, 1.165) is 50.5 Å². The molecule has 0 aromatic heterocycles. The van der Waals surface area contributed by atoms with Crippen molar-refractivity contribution in [2.75, 3.05) is 46.4 Å². The summed E-state index contributed by atoms with van der Waals surface area (Å²) in [5.41, 5.74) is 1.19. The largest absolute Gasteiger partial charge is 0.489 e. The highest BCUT2D eigenvalue weighted by Gasteiger charge is 2.48. The molecule has 3 unspecified atom stereocenters. The summed E-state index contributed by atoms with van der Waals surface area (Å²) < 4.78 is 20.5. The van der Waals surface area contributed by atoms with Crippen molar-refractivity contribution < 1.29 is 9.13 Å². The van der Waals surface area contributed by atoms with Gasteiger partial charge in [-0.2, -0.15) is 0 Å². The molecule has 1 aliphatic heterocycles. The molecule has 4 aliphatic carbocycles. The lowest BCUT2D eigenvalue weighted by atomic mass is 9.51. The highest BCUT2D eigenvalue weighted by Crippen LogP contribution is 2.60. The van der Waals surface area contributed by atoms with Crippen molar-refractivity contribution in [3.05, 3.63) is 35.5 Å². The van der Waals surface area contributed by atoms with E-state index in [4.69, 9.17) is 4.74 Å². The quantitative estimate of drug-likeness (QED) is 0.779. The van der Waals surface area contributed by atoms with E-state index in [1.165, 1.54) is 37.7 Å². The first-order valence-electron chi connectivity index (χ1n) is 10.8. The molecule has 1 heterocycles. The van der Waals surface area contributed by atoms with Crippen LogP contribution in [0.4, 0.5) is 4.39 Å². The fourth-order valence-corrected chi connectivity index (χ4v) is 6.33. The molecule has 27 heavy (non-hydrogen) atoms. The maximum absolute atomic E-state index is 14.7. The molecule has 4 heteroatoms. The van der Waals surface area contributed by atoms with Gasteiger partial charge in [-0.05, 0) is 86.4 Å². The lowest BCUT2D eigenvalue weighted by molar-refractivity contribution is 0.0722. The molecule has 1 aromatic carbocycles. The van der Waals surface area contributed by atoms with Crippen molar-refractivity contribution in [2.45, 2.75) is 38.0 Å². The van der Waals surface area contributed by atoms with E-state index in [9.17, 15) is 4.39 Å². The highest BCUT2D eigenvalue weighted by molar-refractivity contribution is 5.36. The molecule has 3 atom stereocenters. The average Bonchev–Trinajstić information content (AvgIpc) is 2.64. The Balaban J connectivity index is 1.20. The van der Waals surface area contributed by atoms with E-state index in [1.807, 2.05) is 6.07 Å². The maximum atomic E-state index is 14.7.